The van der Waals surface area contributed by atoms with Crippen LogP contribution >= 0.6 is 0 Å². The van der Waals surface area contributed by atoms with E-state index in [1.54, 1.807) is 0 Å². The number of nitrogens with zero attached hydrogens (tertiary/aromatic N) is 2. The molecule has 2 rings (SSSR count). The third-order valence-electron chi connectivity index (χ3n) is 2.64. The van der Waals surface area contributed by atoms with Crippen LogP contribution in [0, 0.1) is 0 Å². The highest BCUT2D eigenvalue weighted by Crippen LogP contribution is 2.15. The second-order valence-electron chi connectivity index (χ2n) is 3.49. The lowest BCUT2D eigenvalue weighted by atomic mass is 10.3. The molecule has 4 heteroatoms. The second kappa shape index (κ2) is 5.16. The number of aryl methyl sites for hydroxylation is 1. The zero-order chi connectivity index (χ0) is 10.8. The molecule has 0 spiro atoms. The van der Waals surface area contributed by atoms with Crippen molar-refractivity contribution in [1.82, 2.24) is 4.57 Å². The SMILES string of the molecule is C=CC[n+]1c(N)n(CC)c2ccccc21.[Br-]. The average Bonchev–Trinajstić information content (AvgIpc) is 2.53. The van der Waals surface area contributed by atoms with Gasteiger partial charge >= 0.3 is 5.95 Å². The molecule has 0 amide bonds. The number of nitrogen functional groups attached to an aromatic ring is 1. The van der Waals surface area contributed by atoms with Crippen LogP contribution in [0.4, 0.5) is 5.95 Å². The van der Waals surface area contributed by atoms with Gasteiger partial charge in [-0.05, 0) is 19.1 Å². The molecule has 0 saturated carbocycles. The number of aromatic nitrogens is 2. The molecule has 1 aromatic heterocycles. The molecular weight excluding hydrogens is 266 g/mol. The van der Waals surface area contributed by atoms with Gasteiger partial charge in [0, 0.05) is 0 Å². The fourth-order valence-corrected chi connectivity index (χ4v) is 1.97. The number of hydrogen-bond donors (Lipinski definition) is 1. The van der Waals surface area contributed by atoms with Crippen molar-refractivity contribution in [3.05, 3.63) is 36.9 Å². The zero-order valence-electron chi connectivity index (χ0n) is 9.36. The molecule has 0 aliphatic heterocycles. The van der Waals surface area contributed by atoms with Crippen LogP contribution in [0.25, 0.3) is 11.0 Å². The van der Waals surface area contributed by atoms with Gasteiger partial charge in [-0.15, -0.1) is 0 Å². The molecule has 0 fully saturated rings. The maximum atomic E-state index is 6.09. The monoisotopic (exact) mass is 281 g/mol. The first kappa shape index (κ1) is 12.8. The summed E-state index contributed by atoms with van der Waals surface area (Å²) in [5, 5.41) is 0. The Bertz CT molecular complexity index is 502. The third kappa shape index (κ3) is 1.85. The molecule has 2 aromatic rings. The van der Waals surface area contributed by atoms with Crippen molar-refractivity contribution >= 4 is 17.0 Å². The van der Waals surface area contributed by atoms with Gasteiger partial charge in [0.15, 0.2) is 0 Å². The minimum Gasteiger partial charge on any atom is -1.00 e. The van der Waals surface area contributed by atoms with Crippen LogP contribution in [0.2, 0.25) is 0 Å². The van der Waals surface area contributed by atoms with Gasteiger partial charge in [0.1, 0.15) is 11.0 Å². The number of fused-ring (bicyclic) bond motifs is 1. The van der Waals surface area contributed by atoms with E-state index in [0.717, 1.165) is 24.6 Å². The Labute approximate surface area is 106 Å². The summed E-state index contributed by atoms with van der Waals surface area (Å²) in [6, 6.07) is 8.24. The lowest BCUT2D eigenvalue weighted by molar-refractivity contribution is -0.646. The molecule has 0 saturated heterocycles. The Morgan fingerprint density at radius 2 is 2.12 bits per heavy atom. The predicted octanol–water partition coefficient (Wildman–Crippen LogP) is -1.28. The molecule has 0 aliphatic rings. The highest BCUT2D eigenvalue weighted by atomic mass is 79.9. The van der Waals surface area contributed by atoms with Gasteiger partial charge in [0.2, 0.25) is 0 Å². The molecule has 1 aromatic carbocycles. The van der Waals surface area contributed by atoms with Crippen LogP contribution in [-0.2, 0) is 13.1 Å². The van der Waals surface area contributed by atoms with Crippen molar-refractivity contribution in [2.24, 2.45) is 0 Å². The largest absolute Gasteiger partial charge is 1.00 e. The van der Waals surface area contributed by atoms with Crippen LogP contribution in [-0.4, -0.2) is 4.57 Å². The zero-order valence-corrected chi connectivity index (χ0v) is 10.9. The Kier molecular flexibility index (Phi) is 4.12. The van der Waals surface area contributed by atoms with Gasteiger partial charge in [-0.2, -0.15) is 0 Å². The highest BCUT2D eigenvalue weighted by molar-refractivity contribution is 5.73. The Hall–Kier alpha value is -1.29. The number of hydrogen-bond acceptors (Lipinski definition) is 1. The normalized spacial score (nSPS) is 10.1. The van der Waals surface area contributed by atoms with E-state index in [-0.39, 0.29) is 17.0 Å². The number of allylic oxidation sites excluding steroid dienone is 1. The molecule has 0 unspecified atom stereocenters. The number of halogens is 1. The van der Waals surface area contributed by atoms with E-state index in [1.807, 2.05) is 18.2 Å². The summed E-state index contributed by atoms with van der Waals surface area (Å²) >= 11 is 0. The Morgan fingerprint density at radius 1 is 1.44 bits per heavy atom. The number of para-hydroxylation sites is 2. The first-order valence-corrected chi connectivity index (χ1v) is 5.17. The first-order chi connectivity index (χ1) is 7.29. The quantitative estimate of drug-likeness (QED) is 0.552. The maximum Gasteiger partial charge on any atom is 0.356 e. The maximum absolute atomic E-state index is 6.09. The van der Waals surface area contributed by atoms with E-state index in [2.05, 4.69) is 34.8 Å². The summed E-state index contributed by atoms with van der Waals surface area (Å²) in [7, 11) is 0. The molecule has 0 aliphatic carbocycles. The van der Waals surface area contributed by atoms with Gasteiger partial charge in [-0.25, -0.2) is 9.13 Å². The summed E-state index contributed by atoms with van der Waals surface area (Å²) < 4.78 is 4.19. The molecule has 0 atom stereocenters. The predicted molar refractivity (Wildman–Crippen MR) is 62.4 cm³/mol. The summed E-state index contributed by atoms with van der Waals surface area (Å²) in [6.07, 6.45) is 1.86. The van der Waals surface area contributed by atoms with Gasteiger partial charge < -0.3 is 17.0 Å². The van der Waals surface area contributed by atoms with E-state index >= 15 is 0 Å². The van der Waals surface area contributed by atoms with Crippen LogP contribution in [0.15, 0.2) is 36.9 Å². The number of benzene rings is 1. The number of anilines is 1. The summed E-state index contributed by atoms with van der Waals surface area (Å²) in [4.78, 5) is 0. The van der Waals surface area contributed by atoms with Gasteiger partial charge in [-0.1, -0.05) is 24.8 Å². The molecular formula is C12H16BrN3. The van der Waals surface area contributed by atoms with E-state index in [4.69, 9.17) is 5.73 Å². The minimum atomic E-state index is 0. The van der Waals surface area contributed by atoms with Crippen molar-refractivity contribution in [2.75, 3.05) is 5.73 Å². The van der Waals surface area contributed by atoms with E-state index in [9.17, 15) is 0 Å². The number of imidazole rings is 1. The fourth-order valence-electron chi connectivity index (χ4n) is 1.97. The van der Waals surface area contributed by atoms with Gasteiger partial charge in [0.05, 0.1) is 13.1 Å². The summed E-state index contributed by atoms with van der Waals surface area (Å²) in [5.74, 6) is 0.790. The lowest BCUT2D eigenvalue weighted by Crippen LogP contribution is -3.00. The standard InChI is InChI=1S/C12H15N3.BrH/c1-3-9-15-11-8-6-5-7-10(11)14(4-2)12(15)13;/h3,5-8,13H,1,4,9H2,2H3;1H. The van der Waals surface area contributed by atoms with Crippen LogP contribution in [0.3, 0.4) is 0 Å². The average molecular weight is 282 g/mol. The summed E-state index contributed by atoms with van der Waals surface area (Å²) in [5.41, 5.74) is 8.43. The third-order valence-corrected chi connectivity index (χ3v) is 2.64. The number of rotatable bonds is 3. The smallest absolute Gasteiger partial charge is 0.356 e. The molecule has 86 valence electrons. The highest BCUT2D eigenvalue weighted by Gasteiger charge is 2.17. The molecule has 0 radical (unpaired) electrons. The summed E-state index contributed by atoms with van der Waals surface area (Å²) in [6.45, 7) is 7.49. The molecule has 16 heavy (non-hydrogen) atoms. The number of nitrogens with two attached hydrogens (primary N) is 1. The molecule has 2 N–H and O–H groups in total. The first-order valence-electron chi connectivity index (χ1n) is 5.17. The van der Waals surface area contributed by atoms with Crippen molar-refractivity contribution in [1.29, 1.82) is 0 Å². The Morgan fingerprint density at radius 3 is 2.75 bits per heavy atom. The second-order valence-corrected chi connectivity index (χ2v) is 3.49. The Balaban J connectivity index is 0.00000128. The molecule has 3 nitrogen and oxygen atoms in total. The van der Waals surface area contributed by atoms with E-state index in [0.29, 0.717) is 0 Å². The van der Waals surface area contributed by atoms with Crippen molar-refractivity contribution < 1.29 is 21.5 Å². The van der Waals surface area contributed by atoms with Gasteiger partial charge in [0.25, 0.3) is 0 Å². The topological polar surface area (TPSA) is 34.8 Å². The van der Waals surface area contributed by atoms with Crippen molar-refractivity contribution in [3.8, 4) is 0 Å². The van der Waals surface area contributed by atoms with Gasteiger partial charge in [-0.3, -0.25) is 5.73 Å². The molecule has 1 heterocycles. The van der Waals surface area contributed by atoms with Crippen molar-refractivity contribution in [2.45, 2.75) is 20.0 Å². The van der Waals surface area contributed by atoms with E-state index in [1.165, 1.54) is 5.52 Å². The van der Waals surface area contributed by atoms with E-state index < -0.39 is 0 Å². The lowest BCUT2D eigenvalue weighted by Gasteiger charge is -1.95. The molecule has 0 bridgehead atoms. The fraction of sp³-hybridized carbons (Fsp3) is 0.250. The van der Waals surface area contributed by atoms with Crippen LogP contribution in [0.5, 0.6) is 0 Å². The minimum absolute atomic E-state index is 0. The van der Waals surface area contributed by atoms with Crippen LogP contribution in [0.1, 0.15) is 6.92 Å². The van der Waals surface area contributed by atoms with Crippen LogP contribution < -0.4 is 27.3 Å². The van der Waals surface area contributed by atoms with Crippen molar-refractivity contribution in [3.63, 3.8) is 0 Å².